The van der Waals surface area contributed by atoms with E-state index in [2.05, 4.69) is 36.8 Å². The first-order chi connectivity index (χ1) is 8.13. The predicted octanol–water partition coefficient (Wildman–Crippen LogP) is 3.14. The van der Waals surface area contributed by atoms with E-state index in [1.54, 1.807) is 11.3 Å². The van der Waals surface area contributed by atoms with E-state index in [-0.39, 0.29) is 0 Å². The van der Waals surface area contributed by atoms with Gasteiger partial charge in [-0.1, -0.05) is 13.8 Å². The molecule has 2 aromatic rings. The Balaban J connectivity index is 2.37. The number of nitrogens with two attached hydrogens (primary N) is 1. The van der Waals surface area contributed by atoms with Gasteiger partial charge in [-0.3, -0.25) is 0 Å². The van der Waals surface area contributed by atoms with E-state index >= 15 is 0 Å². The standard InChI is InChI=1S/C13H19N3S/c1-8(2)11(6-14)12-9(3)16-13(17-12)10-4-5-15-7-10/h4-5,7-8,11,15H,6,14H2,1-3H3. The van der Waals surface area contributed by atoms with Crippen molar-refractivity contribution >= 4 is 11.3 Å². The molecule has 92 valence electrons. The summed E-state index contributed by atoms with van der Waals surface area (Å²) in [5.74, 6) is 0.971. The maximum absolute atomic E-state index is 5.88. The zero-order chi connectivity index (χ0) is 12.4. The van der Waals surface area contributed by atoms with Crippen molar-refractivity contribution in [3.05, 3.63) is 29.0 Å². The maximum atomic E-state index is 5.88. The second-order valence-corrected chi connectivity index (χ2v) is 5.69. The summed E-state index contributed by atoms with van der Waals surface area (Å²) in [6.45, 7) is 7.19. The molecule has 3 N–H and O–H groups in total. The van der Waals surface area contributed by atoms with Crippen molar-refractivity contribution in [2.75, 3.05) is 6.54 Å². The van der Waals surface area contributed by atoms with E-state index in [0.29, 0.717) is 18.4 Å². The minimum Gasteiger partial charge on any atom is -0.367 e. The first-order valence-electron chi connectivity index (χ1n) is 5.94. The number of rotatable bonds is 4. The van der Waals surface area contributed by atoms with Gasteiger partial charge in [-0.2, -0.15) is 0 Å². The molecule has 0 fully saturated rings. The van der Waals surface area contributed by atoms with Crippen LogP contribution in [0.1, 0.15) is 30.3 Å². The van der Waals surface area contributed by atoms with Gasteiger partial charge in [-0.05, 0) is 18.9 Å². The molecular formula is C13H19N3S. The minimum absolute atomic E-state index is 0.417. The molecular weight excluding hydrogens is 230 g/mol. The summed E-state index contributed by atoms with van der Waals surface area (Å²) in [5.41, 5.74) is 8.15. The number of aromatic amines is 1. The Morgan fingerprint density at radius 3 is 2.76 bits per heavy atom. The summed E-state index contributed by atoms with van der Waals surface area (Å²) in [6.07, 6.45) is 3.91. The van der Waals surface area contributed by atoms with Crippen molar-refractivity contribution in [2.45, 2.75) is 26.7 Å². The number of hydrogen-bond donors (Lipinski definition) is 2. The van der Waals surface area contributed by atoms with Gasteiger partial charge in [0.05, 0.1) is 5.69 Å². The summed E-state index contributed by atoms with van der Waals surface area (Å²) < 4.78 is 0. The smallest absolute Gasteiger partial charge is 0.125 e. The van der Waals surface area contributed by atoms with Gasteiger partial charge in [-0.25, -0.2) is 4.98 Å². The molecule has 17 heavy (non-hydrogen) atoms. The van der Waals surface area contributed by atoms with Crippen LogP contribution in [0.2, 0.25) is 0 Å². The average molecular weight is 249 g/mol. The third-order valence-corrected chi connectivity index (χ3v) is 4.41. The van der Waals surface area contributed by atoms with Gasteiger partial charge >= 0.3 is 0 Å². The van der Waals surface area contributed by atoms with Gasteiger partial charge < -0.3 is 10.7 Å². The number of nitrogens with one attached hydrogen (secondary N) is 1. The van der Waals surface area contributed by atoms with Gasteiger partial charge in [0.25, 0.3) is 0 Å². The molecule has 2 aromatic heterocycles. The zero-order valence-electron chi connectivity index (χ0n) is 10.5. The number of aryl methyl sites for hydroxylation is 1. The fourth-order valence-corrected chi connectivity index (χ4v) is 3.36. The van der Waals surface area contributed by atoms with E-state index in [4.69, 9.17) is 5.73 Å². The lowest BCUT2D eigenvalue weighted by atomic mass is 9.93. The first-order valence-corrected chi connectivity index (χ1v) is 6.75. The fraction of sp³-hybridized carbons (Fsp3) is 0.462. The third kappa shape index (κ3) is 2.42. The first kappa shape index (κ1) is 12.3. The Bertz CT molecular complexity index is 471. The van der Waals surface area contributed by atoms with Gasteiger partial charge in [0.15, 0.2) is 0 Å². The second kappa shape index (κ2) is 5.02. The van der Waals surface area contributed by atoms with Crippen molar-refractivity contribution in [3.63, 3.8) is 0 Å². The van der Waals surface area contributed by atoms with Crippen molar-refractivity contribution < 1.29 is 0 Å². The van der Waals surface area contributed by atoms with Gasteiger partial charge in [0, 0.05) is 35.3 Å². The van der Waals surface area contributed by atoms with Crippen LogP contribution in [0.4, 0.5) is 0 Å². The van der Waals surface area contributed by atoms with Gasteiger partial charge in [-0.15, -0.1) is 11.3 Å². The predicted molar refractivity (Wildman–Crippen MR) is 73.3 cm³/mol. The third-order valence-electron chi connectivity index (χ3n) is 3.07. The van der Waals surface area contributed by atoms with Crippen LogP contribution >= 0.6 is 11.3 Å². The molecule has 0 radical (unpaired) electrons. The van der Waals surface area contributed by atoms with Crippen LogP contribution in [0.5, 0.6) is 0 Å². The second-order valence-electron chi connectivity index (χ2n) is 4.65. The van der Waals surface area contributed by atoms with E-state index in [1.807, 2.05) is 12.4 Å². The molecule has 1 unspecified atom stereocenters. The summed E-state index contributed by atoms with van der Waals surface area (Å²) in [4.78, 5) is 9.04. The molecule has 4 heteroatoms. The van der Waals surface area contributed by atoms with Crippen molar-refractivity contribution in [3.8, 4) is 10.6 Å². The van der Waals surface area contributed by atoms with Crippen LogP contribution in [0.3, 0.4) is 0 Å². The molecule has 1 atom stereocenters. The highest BCUT2D eigenvalue weighted by molar-refractivity contribution is 7.15. The number of nitrogens with zero attached hydrogens (tertiary/aromatic N) is 1. The van der Waals surface area contributed by atoms with E-state index in [9.17, 15) is 0 Å². The molecule has 0 aromatic carbocycles. The van der Waals surface area contributed by atoms with E-state index < -0.39 is 0 Å². The van der Waals surface area contributed by atoms with E-state index in [0.717, 1.165) is 16.3 Å². The number of thiazole rings is 1. The molecule has 3 nitrogen and oxygen atoms in total. The SMILES string of the molecule is Cc1nc(-c2cc[nH]c2)sc1C(CN)C(C)C. The molecule has 0 aliphatic heterocycles. The Morgan fingerprint density at radius 1 is 1.47 bits per heavy atom. The average Bonchev–Trinajstić information content (AvgIpc) is 2.89. The highest BCUT2D eigenvalue weighted by atomic mass is 32.1. The minimum atomic E-state index is 0.417. The van der Waals surface area contributed by atoms with E-state index in [1.165, 1.54) is 4.88 Å². The number of hydrogen-bond acceptors (Lipinski definition) is 3. The van der Waals surface area contributed by atoms with Crippen molar-refractivity contribution in [2.24, 2.45) is 11.7 Å². The molecule has 0 saturated heterocycles. The lowest BCUT2D eigenvalue weighted by molar-refractivity contribution is 0.510. The van der Waals surface area contributed by atoms with Crippen LogP contribution in [-0.4, -0.2) is 16.5 Å². The monoisotopic (exact) mass is 249 g/mol. The molecule has 2 heterocycles. The number of H-pyrrole nitrogens is 1. The highest BCUT2D eigenvalue weighted by Crippen LogP contribution is 2.35. The van der Waals surface area contributed by atoms with Crippen molar-refractivity contribution in [1.29, 1.82) is 0 Å². The summed E-state index contributed by atoms with van der Waals surface area (Å²) in [5, 5.41) is 1.08. The summed E-state index contributed by atoms with van der Waals surface area (Å²) in [7, 11) is 0. The Labute approximate surface area is 106 Å². The largest absolute Gasteiger partial charge is 0.367 e. The topological polar surface area (TPSA) is 54.7 Å². The number of aromatic nitrogens is 2. The highest BCUT2D eigenvalue weighted by Gasteiger charge is 2.20. The molecule has 0 spiro atoms. The molecule has 0 amide bonds. The summed E-state index contributed by atoms with van der Waals surface area (Å²) in [6, 6.07) is 2.05. The Morgan fingerprint density at radius 2 is 2.24 bits per heavy atom. The van der Waals surface area contributed by atoms with Crippen LogP contribution in [0, 0.1) is 12.8 Å². The van der Waals surface area contributed by atoms with Crippen LogP contribution < -0.4 is 5.73 Å². The van der Waals surface area contributed by atoms with Crippen molar-refractivity contribution in [1.82, 2.24) is 9.97 Å². The Hall–Kier alpha value is -1.13. The lowest BCUT2D eigenvalue weighted by Crippen LogP contribution is -2.17. The molecule has 0 aliphatic rings. The normalized spacial score (nSPS) is 13.2. The molecule has 0 aliphatic carbocycles. The molecule has 0 saturated carbocycles. The quantitative estimate of drug-likeness (QED) is 0.874. The lowest BCUT2D eigenvalue weighted by Gasteiger charge is -2.17. The Kier molecular flexibility index (Phi) is 3.64. The van der Waals surface area contributed by atoms with Gasteiger partial charge in [0.1, 0.15) is 5.01 Å². The van der Waals surface area contributed by atoms with Crippen LogP contribution in [0.15, 0.2) is 18.5 Å². The maximum Gasteiger partial charge on any atom is 0.125 e. The fourth-order valence-electron chi connectivity index (χ4n) is 2.01. The summed E-state index contributed by atoms with van der Waals surface area (Å²) >= 11 is 1.77. The molecule has 0 bridgehead atoms. The van der Waals surface area contributed by atoms with Crippen LogP contribution in [0.25, 0.3) is 10.6 Å². The molecule has 2 rings (SSSR count). The zero-order valence-corrected chi connectivity index (χ0v) is 11.3. The van der Waals surface area contributed by atoms with Gasteiger partial charge in [0.2, 0.25) is 0 Å². The van der Waals surface area contributed by atoms with Crippen LogP contribution in [-0.2, 0) is 0 Å².